The fraction of sp³-hybridized carbons (Fsp3) is 0.700. The zero-order valence-corrected chi connectivity index (χ0v) is 11.2. The van der Waals surface area contributed by atoms with Crippen LogP contribution in [-0.2, 0) is 0 Å². The molecule has 1 amide bonds. The maximum absolute atomic E-state index is 11.5. The van der Waals surface area contributed by atoms with Crippen LogP contribution in [-0.4, -0.2) is 29.1 Å². The molecule has 1 heterocycles. The van der Waals surface area contributed by atoms with Gasteiger partial charge in [0.15, 0.2) is 0 Å². The van der Waals surface area contributed by atoms with Crippen molar-refractivity contribution in [3.8, 4) is 0 Å². The van der Waals surface area contributed by atoms with E-state index in [4.69, 9.17) is 0 Å². The monoisotopic (exact) mass is 292 g/mol. The Balaban J connectivity index is 2.20. The molecule has 0 bridgehead atoms. The Kier molecular flexibility index (Phi) is 6.36. The van der Waals surface area contributed by atoms with E-state index in [2.05, 4.69) is 27.9 Å². The maximum Gasteiger partial charge on any atom is 0.293 e. The Morgan fingerprint density at radius 2 is 1.93 bits per heavy atom. The van der Waals surface area contributed by atoms with Crippen molar-refractivity contribution in [2.45, 2.75) is 25.7 Å². The molecule has 5 heteroatoms. The van der Waals surface area contributed by atoms with Crippen molar-refractivity contribution in [3.05, 3.63) is 11.1 Å². The molecule has 1 fully saturated rings. The second-order valence-electron chi connectivity index (χ2n) is 3.61. The highest BCUT2D eigenvalue weighted by Gasteiger charge is 2.11. The first-order valence-corrected chi connectivity index (χ1v) is 6.98. The number of carbonyl (C=O) groups is 1. The SMILES string of the molecule is C=C(Br)CSC(=O)NN1CCCCCC1. The standard InChI is InChI=1S/C10H17BrN2OS/c1-9(11)8-15-10(14)12-13-6-4-2-3-5-7-13/h1-8H2,(H,12,14). The number of thioether (sulfide) groups is 1. The van der Waals surface area contributed by atoms with E-state index in [0.717, 1.165) is 17.6 Å². The van der Waals surface area contributed by atoms with Gasteiger partial charge >= 0.3 is 0 Å². The van der Waals surface area contributed by atoms with Crippen molar-refractivity contribution >= 4 is 32.9 Å². The van der Waals surface area contributed by atoms with E-state index >= 15 is 0 Å². The highest BCUT2D eigenvalue weighted by Crippen LogP contribution is 2.13. The highest BCUT2D eigenvalue weighted by atomic mass is 79.9. The Morgan fingerprint density at radius 3 is 2.47 bits per heavy atom. The van der Waals surface area contributed by atoms with Gasteiger partial charge in [0.1, 0.15) is 0 Å². The molecule has 0 atom stereocenters. The van der Waals surface area contributed by atoms with E-state index in [1.54, 1.807) is 0 Å². The summed E-state index contributed by atoms with van der Waals surface area (Å²) in [6.07, 6.45) is 4.90. The zero-order valence-electron chi connectivity index (χ0n) is 8.80. The first-order valence-electron chi connectivity index (χ1n) is 5.20. The maximum atomic E-state index is 11.5. The van der Waals surface area contributed by atoms with Crippen LogP contribution in [0.5, 0.6) is 0 Å². The summed E-state index contributed by atoms with van der Waals surface area (Å²) in [4.78, 5) is 11.5. The Morgan fingerprint density at radius 1 is 1.33 bits per heavy atom. The van der Waals surface area contributed by atoms with Gasteiger partial charge in [0.2, 0.25) is 0 Å². The molecule has 1 N–H and O–H groups in total. The van der Waals surface area contributed by atoms with Crippen LogP contribution in [0, 0.1) is 0 Å². The minimum Gasteiger partial charge on any atom is -0.280 e. The summed E-state index contributed by atoms with van der Waals surface area (Å²) < 4.78 is 0.846. The number of rotatable bonds is 3. The lowest BCUT2D eigenvalue weighted by Gasteiger charge is -2.20. The van der Waals surface area contributed by atoms with E-state index in [1.165, 1.54) is 37.4 Å². The predicted octanol–water partition coefficient (Wildman–Crippen LogP) is 3.13. The summed E-state index contributed by atoms with van der Waals surface area (Å²) in [5, 5.41) is 2.04. The molecule has 0 radical (unpaired) electrons. The number of nitrogens with one attached hydrogen (secondary N) is 1. The molecule has 1 aliphatic rings. The third-order valence-corrected chi connectivity index (χ3v) is 3.71. The second kappa shape index (κ2) is 7.30. The van der Waals surface area contributed by atoms with Crippen LogP contribution in [0.2, 0.25) is 0 Å². The first kappa shape index (κ1) is 13.1. The van der Waals surface area contributed by atoms with E-state index < -0.39 is 0 Å². The number of nitrogens with zero attached hydrogens (tertiary/aromatic N) is 1. The summed E-state index contributed by atoms with van der Waals surface area (Å²) in [5.41, 5.74) is 2.91. The van der Waals surface area contributed by atoms with Gasteiger partial charge in [0, 0.05) is 18.8 Å². The molecule has 1 saturated heterocycles. The molecular weight excluding hydrogens is 276 g/mol. The van der Waals surface area contributed by atoms with Gasteiger partial charge in [-0.15, -0.1) is 0 Å². The lowest BCUT2D eigenvalue weighted by molar-refractivity contribution is 0.198. The number of amides is 1. The lowest BCUT2D eigenvalue weighted by atomic mass is 10.2. The average Bonchev–Trinajstić information content (AvgIpc) is 2.43. The highest BCUT2D eigenvalue weighted by molar-refractivity contribution is 9.11. The van der Waals surface area contributed by atoms with Crippen molar-refractivity contribution in [3.63, 3.8) is 0 Å². The van der Waals surface area contributed by atoms with Gasteiger partial charge in [0.25, 0.3) is 5.24 Å². The molecule has 0 spiro atoms. The summed E-state index contributed by atoms with van der Waals surface area (Å²) in [6.45, 7) is 5.64. The zero-order chi connectivity index (χ0) is 11.1. The average molecular weight is 293 g/mol. The third kappa shape index (κ3) is 6.22. The summed E-state index contributed by atoms with van der Waals surface area (Å²) >= 11 is 4.48. The molecular formula is C10H17BrN2OS. The second-order valence-corrected chi connectivity index (χ2v) is 5.68. The molecule has 0 saturated carbocycles. The van der Waals surface area contributed by atoms with Gasteiger partial charge < -0.3 is 0 Å². The minimum atomic E-state index is 0.0116. The Labute approximate surface area is 104 Å². The van der Waals surface area contributed by atoms with Gasteiger partial charge in [0.05, 0.1) is 0 Å². The van der Waals surface area contributed by atoms with Crippen LogP contribution in [0.15, 0.2) is 11.1 Å². The normalized spacial score (nSPS) is 18.2. The topological polar surface area (TPSA) is 32.3 Å². The number of hydrazine groups is 1. The molecule has 86 valence electrons. The van der Waals surface area contributed by atoms with Gasteiger partial charge in [-0.3, -0.25) is 10.2 Å². The van der Waals surface area contributed by atoms with Crippen molar-refractivity contribution in [1.29, 1.82) is 0 Å². The van der Waals surface area contributed by atoms with Gasteiger partial charge in [-0.25, -0.2) is 5.01 Å². The van der Waals surface area contributed by atoms with Crippen LogP contribution < -0.4 is 5.43 Å². The number of hydrogen-bond donors (Lipinski definition) is 1. The molecule has 0 aromatic heterocycles. The van der Waals surface area contributed by atoms with Crippen molar-refractivity contribution < 1.29 is 4.79 Å². The van der Waals surface area contributed by atoms with Gasteiger partial charge in [-0.05, 0) is 17.3 Å². The molecule has 0 aromatic rings. The molecule has 15 heavy (non-hydrogen) atoms. The van der Waals surface area contributed by atoms with Gasteiger partial charge in [-0.2, -0.15) is 0 Å². The van der Waals surface area contributed by atoms with Crippen LogP contribution in [0.25, 0.3) is 0 Å². The fourth-order valence-corrected chi connectivity index (χ4v) is 2.31. The molecule has 3 nitrogen and oxygen atoms in total. The fourth-order valence-electron chi connectivity index (χ4n) is 1.49. The summed E-state index contributed by atoms with van der Waals surface area (Å²) in [7, 11) is 0. The van der Waals surface area contributed by atoms with Gasteiger partial charge in [-0.1, -0.05) is 47.1 Å². The number of carbonyl (C=O) groups excluding carboxylic acids is 1. The summed E-state index contributed by atoms with van der Waals surface area (Å²) in [5.74, 6) is 0.625. The lowest BCUT2D eigenvalue weighted by Crippen LogP contribution is -2.40. The molecule has 0 aromatic carbocycles. The van der Waals surface area contributed by atoms with E-state index in [0.29, 0.717) is 5.75 Å². The Bertz CT molecular complexity index is 227. The van der Waals surface area contributed by atoms with Crippen molar-refractivity contribution in [1.82, 2.24) is 10.4 Å². The van der Waals surface area contributed by atoms with Crippen molar-refractivity contribution in [2.24, 2.45) is 0 Å². The molecule has 0 aliphatic carbocycles. The van der Waals surface area contributed by atoms with Crippen LogP contribution in [0.3, 0.4) is 0 Å². The van der Waals surface area contributed by atoms with E-state index in [9.17, 15) is 4.79 Å². The largest absolute Gasteiger partial charge is 0.293 e. The Hall–Kier alpha value is -0.0000000000000000763. The number of hydrogen-bond acceptors (Lipinski definition) is 3. The predicted molar refractivity (Wildman–Crippen MR) is 69.1 cm³/mol. The van der Waals surface area contributed by atoms with Crippen LogP contribution in [0.1, 0.15) is 25.7 Å². The third-order valence-electron chi connectivity index (χ3n) is 2.22. The number of halogens is 1. The van der Waals surface area contributed by atoms with E-state index in [-0.39, 0.29) is 5.24 Å². The smallest absolute Gasteiger partial charge is 0.280 e. The minimum absolute atomic E-state index is 0.0116. The van der Waals surface area contributed by atoms with Crippen LogP contribution >= 0.6 is 27.7 Å². The molecule has 1 rings (SSSR count). The van der Waals surface area contributed by atoms with Crippen LogP contribution in [0.4, 0.5) is 4.79 Å². The molecule has 1 aliphatic heterocycles. The van der Waals surface area contributed by atoms with Crippen molar-refractivity contribution in [2.75, 3.05) is 18.8 Å². The first-order chi connectivity index (χ1) is 7.18. The molecule has 0 unspecified atom stereocenters. The van der Waals surface area contributed by atoms with E-state index in [1.807, 2.05) is 5.01 Å². The summed E-state index contributed by atoms with van der Waals surface area (Å²) in [6, 6.07) is 0. The quantitative estimate of drug-likeness (QED) is 0.867.